The number of nitrogens with zero attached hydrogens (tertiary/aromatic N) is 4. The molecule has 2 aromatic heterocycles. The van der Waals surface area contributed by atoms with E-state index in [1.807, 2.05) is 42.1 Å². The lowest BCUT2D eigenvalue weighted by molar-refractivity contribution is -0.119. The van der Waals surface area contributed by atoms with Crippen molar-refractivity contribution in [3.05, 3.63) is 63.6 Å². The van der Waals surface area contributed by atoms with Crippen molar-refractivity contribution in [2.24, 2.45) is 0 Å². The molecule has 0 bridgehead atoms. The van der Waals surface area contributed by atoms with E-state index < -0.39 is 6.04 Å². The van der Waals surface area contributed by atoms with Crippen molar-refractivity contribution in [2.75, 3.05) is 5.32 Å². The van der Waals surface area contributed by atoms with Crippen LogP contribution in [-0.4, -0.2) is 25.5 Å². The minimum absolute atomic E-state index is 0.151. The van der Waals surface area contributed by atoms with Crippen LogP contribution in [0.2, 0.25) is 5.02 Å². The molecule has 1 amide bonds. The molecule has 25 heavy (non-hydrogen) atoms. The highest BCUT2D eigenvalue weighted by Crippen LogP contribution is 2.20. The van der Waals surface area contributed by atoms with Crippen molar-refractivity contribution in [2.45, 2.75) is 26.4 Å². The van der Waals surface area contributed by atoms with E-state index in [9.17, 15) is 4.79 Å². The van der Waals surface area contributed by atoms with Crippen molar-refractivity contribution >= 4 is 39.1 Å². The topological polar surface area (TPSA) is 64.7 Å². The highest BCUT2D eigenvalue weighted by atomic mass is 79.9. The number of nitrogens with one attached hydrogen (secondary N) is 1. The first kappa shape index (κ1) is 17.7. The minimum atomic E-state index is -0.460. The molecule has 1 atom stereocenters. The Kier molecular flexibility index (Phi) is 5.24. The fourth-order valence-electron chi connectivity index (χ4n) is 2.51. The zero-order valence-corrected chi connectivity index (χ0v) is 16.1. The molecule has 3 rings (SSSR count). The van der Waals surface area contributed by atoms with Gasteiger partial charge >= 0.3 is 0 Å². The Morgan fingerprint density at radius 2 is 2.16 bits per heavy atom. The lowest BCUT2D eigenvalue weighted by Crippen LogP contribution is -2.25. The van der Waals surface area contributed by atoms with Gasteiger partial charge in [0.1, 0.15) is 6.04 Å². The molecular weight excluding hydrogens is 406 g/mol. The number of carbonyl (C=O) groups excluding carboxylic acids is 1. The third-order valence-electron chi connectivity index (χ3n) is 3.87. The van der Waals surface area contributed by atoms with Gasteiger partial charge in [-0.25, -0.2) is 0 Å². The van der Waals surface area contributed by atoms with Gasteiger partial charge in [0, 0.05) is 11.9 Å². The zero-order chi connectivity index (χ0) is 18.0. The molecule has 130 valence electrons. The Bertz CT molecular complexity index is 904. The van der Waals surface area contributed by atoms with Crippen LogP contribution in [0.25, 0.3) is 0 Å². The van der Waals surface area contributed by atoms with Crippen LogP contribution >= 0.6 is 27.5 Å². The van der Waals surface area contributed by atoms with Crippen molar-refractivity contribution in [3.63, 3.8) is 0 Å². The average Bonchev–Trinajstić information content (AvgIpc) is 3.13. The summed E-state index contributed by atoms with van der Waals surface area (Å²) in [5.74, 6) is -0.151. The fourth-order valence-corrected chi connectivity index (χ4v) is 2.97. The molecule has 6 nitrogen and oxygen atoms in total. The van der Waals surface area contributed by atoms with Crippen molar-refractivity contribution in [1.82, 2.24) is 19.6 Å². The molecular formula is C17H17BrClN5O. The van der Waals surface area contributed by atoms with E-state index in [4.69, 9.17) is 11.6 Å². The standard InChI is InChI=1S/C17H17BrClN5O/c1-11-16(19)8-21-24(11)12(2)17(25)22-15-5-3-4-13(6-15)9-23-10-14(18)7-20-23/h3-8,10,12H,9H2,1-2H3,(H,22,25). The first-order valence-corrected chi connectivity index (χ1v) is 8.88. The molecule has 1 N–H and O–H groups in total. The number of amides is 1. The van der Waals surface area contributed by atoms with Crippen LogP contribution in [0, 0.1) is 6.92 Å². The van der Waals surface area contributed by atoms with Gasteiger partial charge < -0.3 is 5.32 Å². The largest absolute Gasteiger partial charge is 0.324 e. The molecule has 2 heterocycles. The SMILES string of the molecule is Cc1c(Cl)cnn1C(C)C(=O)Nc1cccc(Cn2cc(Br)cn2)c1. The minimum Gasteiger partial charge on any atom is -0.324 e. The van der Waals surface area contributed by atoms with Gasteiger partial charge in [0.05, 0.1) is 34.1 Å². The monoisotopic (exact) mass is 421 g/mol. The number of halogens is 2. The Balaban J connectivity index is 1.71. The third kappa shape index (κ3) is 4.11. The Labute approximate surface area is 158 Å². The molecule has 0 aliphatic heterocycles. The number of hydrogen-bond acceptors (Lipinski definition) is 3. The number of anilines is 1. The van der Waals surface area contributed by atoms with Gasteiger partial charge in [0.25, 0.3) is 0 Å². The predicted octanol–water partition coefficient (Wildman–Crippen LogP) is 4.05. The molecule has 1 aromatic carbocycles. The summed E-state index contributed by atoms with van der Waals surface area (Å²) in [5.41, 5.74) is 2.54. The molecule has 0 aliphatic rings. The van der Waals surface area contributed by atoms with E-state index >= 15 is 0 Å². The van der Waals surface area contributed by atoms with Gasteiger partial charge in [-0.1, -0.05) is 23.7 Å². The van der Waals surface area contributed by atoms with Gasteiger partial charge in [0.2, 0.25) is 5.91 Å². The van der Waals surface area contributed by atoms with E-state index in [0.29, 0.717) is 11.6 Å². The molecule has 0 spiro atoms. The predicted molar refractivity (Wildman–Crippen MR) is 101 cm³/mol. The first-order chi connectivity index (χ1) is 11.9. The highest BCUT2D eigenvalue weighted by Gasteiger charge is 2.18. The Morgan fingerprint density at radius 1 is 1.36 bits per heavy atom. The first-order valence-electron chi connectivity index (χ1n) is 7.71. The average molecular weight is 423 g/mol. The number of carbonyl (C=O) groups is 1. The summed E-state index contributed by atoms with van der Waals surface area (Å²) < 4.78 is 4.37. The number of benzene rings is 1. The maximum absolute atomic E-state index is 12.5. The van der Waals surface area contributed by atoms with Crippen LogP contribution in [-0.2, 0) is 11.3 Å². The van der Waals surface area contributed by atoms with Crippen LogP contribution < -0.4 is 5.32 Å². The van der Waals surface area contributed by atoms with Gasteiger partial charge in [-0.2, -0.15) is 10.2 Å². The van der Waals surface area contributed by atoms with Crippen molar-refractivity contribution in [3.8, 4) is 0 Å². The van der Waals surface area contributed by atoms with Crippen LogP contribution in [0.1, 0.15) is 24.2 Å². The summed E-state index contributed by atoms with van der Waals surface area (Å²) in [6.07, 6.45) is 5.19. The molecule has 0 aliphatic carbocycles. The Morgan fingerprint density at radius 3 is 2.80 bits per heavy atom. The number of aromatic nitrogens is 4. The van der Waals surface area contributed by atoms with Crippen LogP contribution in [0.3, 0.4) is 0 Å². The molecule has 8 heteroatoms. The van der Waals surface area contributed by atoms with E-state index in [2.05, 4.69) is 31.4 Å². The van der Waals surface area contributed by atoms with Crippen molar-refractivity contribution in [1.29, 1.82) is 0 Å². The molecule has 0 saturated carbocycles. The quantitative estimate of drug-likeness (QED) is 0.674. The van der Waals surface area contributed by atoms with E-state index in [1.54, 1.807) is 24.0 Å². The second-order valence-corrected chi connectivity index (χ2v) is 7.07. The summed E-state index contributed by atoms with van der Waals surface area (Å²) in [5, 5.41) is 11.9. The zero-order valence-electron chi connectivity index (χ0n) is 13.8. The van der Waals surface area contributed by atoms with E-state index in [-0.39, 0.29) is 5.91 Å². The molecule has 1 unspecified atom stereocenters. The summed E-state index contributed by atoms with van der Waals surface area (Å²) >= 11 is 9.39. The van der Waals surface area contributed by atoms with Gasteiger partial charge in [0.15, 0.2) is 0 Å². The normalized spacial score (nSPS) is 12.2. The lowest BCUT2D eigenvalue weighted by Gasteiger charge is -2.15. The van der Waals surface area contributed by atoms with Crippen molar-refractivity contribution < 1.29 is 4.79 Å². The fraction of sp³-hybridized carbons (Fsp3) is 0.235. The van der Waals surface area contributed by atoms with Gasteiger partial charge in [-0.05, 0) is 47.5 Å². The second kappa shape index (κ2) is 7.41. The van der Waals surface area contributed by atoms with Gasteiger partial charge in [-0.3, -0.25) is 14.2 Å². The molecule has 0 radical (unpaired) electrons. The number of rotatable bonds is 5. The van der Waals surface area contributed by atoms with Gasteiger partial charge in [-0.15, -0.1) is 0 Å². The maximum atomic E-state index is 12.5. The van der Waals surface area contributed by atoms with E-state index in [1.165, 1.54) is 0 Å². The van der Waals surface area contributed by atoms with Crippen LogP contribution in [0.15, 0.2) is 47.3 Å². The third-order valence-corrected chi connectivity index (χ3v) is 4.65. The molecule has 3 aromatic rings. The van der Waals surface area contributed by atoms with E-state index in [0.717, 1.165) is 21.4 Å². The summed E-state index contributed by atoms with van der Waals surface area (Å²) in [7, 11) is 0. The lowest BCUT2D eigenvalue weighted by atomic mass is 10.2. The summed E-state index contributed by atoms with van der Waals surface area (Å²) in [4.78, 5) is 12.5. The molecule has 0 fully saturated rings. The summed E-state index contributed by atoms with van der Waals surface area (Å²) in [6.45, 7) is 4.25. The second-order valence-electron chi connectivity index (χ2n) is 5.74. The smallest absolute Gasteiger partial charge is 0.248 e. The molecule has 0 saturated heterocycles. The summed E-state index contributed by atoms with van der Waals surface area (Å²) in [6, 6.07) is 7.23. The Hall–Kier alpha value is -2.12. The van der Waals surface area contributed by atoms with Crippen LogP contribution in [0.5, 0.6) is 0 Å². The number of hydrogen-bond donors (Lipinski definition) is 1. The maximum Gasteiger partial charge on any atom is 0.248 e. The van der Waals surface area contributed by atoms with Crippen LogP contribution in [0.4, 0.5) is 5.69 Å². The highest BCUT2D eigenvalue weighted by molar-refractivity contribution is 9.10.